The van der Waals surface area contributed by atoms with Crippen molar-refractivity contribution in [2.45, 2.75) is 19.8 Å². The summed E-state index contributed by atoms with van der Waals surface area (Å²) in [6, 6.07) is 13.9. The van der Waals surface area contributed by atoms with Crippen molar-refractivity contribution >= 4 is 5.78 Å². The molecular formula is C15H15NO. The highest BCUT2D eigenvalue weighted by molar-refractivity contribution is 5.95. The molecule has 0 aliphatic heterocycles. The number of carbonyl (C=O) groups is 1. The second kappa shape index (κ2) is 5.39. The zero-order valence-corrected chi connectivity index (χ0v) is 9.89. The van der Waals surface area contributed by atoms with Gasteiger partial charge in [0, 0.05) is 11.8 Å². The number of benzene rings is 1. The van der Waals surface area contributed by atoms with Crippen LogP contribution in [0.1, 0.15) is 28.5 Å². The van der Waals surface area contributed by atoms with E-state index in [1.165, 1.54) is 5.56 Å². The molecule has 1 aromatic heterocycles. The van der Waals surface area contributed by atoms with Crippen LogP contribution in [-0.2, 0) is 12.8 Å². The summed E-state index contributed by atoms with van der Waals surface area (Å²) in [7, 11) is 0. The quantitative estimate of drug-likeness (QED) is 0.748. The van der Waals surface area contributed by atoms with Crippen LogP contribution in [0.4, 0.5) is 0 Å². The van der Waals surface area contributed by atoms with Crippen LogP contribution in [-0.4, -0.2) is 10.8 Å². The Morgan fingerprint density at radius 1 is 1.06 bits per heavy atom. The van der Waals surface area contributed by atoms with Crippen LogP contribution in [0.3, 0.4) is 0 Å². The van der Waals surface area contributed by atoms with Gasteiger partial charge >= 0.3 is 0 Å². The highest BCUT2D eigenvalue weighted by Crippen LogP contribution is 2.10. The maximum atomic E-state index is 11.4. The van der Waals surface area contributed by atoms with Crippen molar-refractivity contribution in [2.24, 2.45) is 0 Å². The standard InChI is InChI=1S/C15H15NO/c1-12(17)14-8-5-11-16-15(14)10-9-13-6-3-2-4-7-13/h2-8,11H,9-10H2,1H3. The molecule has 2 rings (SSSR count). The van der Waals surface area contributed by atoms with E-state index in [0.717, 1.165) is 24.1 Å². The molecule has 1 heterocycles. The highest BCUT2D eigenvalue weighted by atomic mass is 16.1. The van der Waals surface area contributed by atoms with Crippen LogP contribution >= 0.6 is 0 Å². The van der Waals surface area contributed by atoms with Crippen molar-refractivity contribution in [1.82, 2.24) is 4.98 Å². The summed E-state index contributed by atoms with van der Waals surface area (Å²) < 4.78 is 0. The van der Waals surface area contributed by atoms with E-state index in [1.54, 1.807) is 13.1 Å². The minimum Gasteiger partial charge on any atom is -0.294 e. The lowest BCUT2D eigenvalue weighted by Gasteiger charge is -2.05. The third-order valence-corrected chi connectivity index (χ3v) is 2.76. The third kappa shape index (κ3) is 3.00. The van der Waals surface area contributed by atoms with Crippen molar-refractivity contribution in [3.63, 3.8) is 0 Å². The molecule has 2 aromatic rings. The molecule has 0 bridgehead atoms. The summed E-state index contributed by atoms with van der Waals surface area (Å²) in [5, 5.41) is 0. The van der Waals surface area contributed by atoms with E-state index in [1.807, 2.05) is 30.3 Å². The summed E-state index contributed by atoms with van der Waals surface area (Å²) >= 11 is 0. The fourth-order valence-corrected chi connectivity index (χ4v) is 1.87. The monoisotopic (exact) mass is 225 g/mol. The molecule has 0 amide bonds. The van der Waals surface area contributed by atoms with Gasteiger partial charge in [0.2, 0.25) is 0 Å². The van der Waals surface area contributed by atoms with E-state index in [9.17, 15) is 4.79 Å². The molecule has 0 saturated carbocycles. The Kier molecular flexibility index (Phi) is 3.66. The lowest BCUT2D eigenvalue weighted by molar-refractivity contribution is 0.101. The van der Waals surface area contributed by atoms with Gasteiger partial charge in [-0.05, 0) is 37.5 Å². The SMILES string of the molecule is CC(=O)c1cccnc1CCc1ccccc1. The number of Topliss-reactive ketones (excluding diaryl/α,β-unsaturated/α-hetero) is 1. The topological polar surface area (TPSA) is 30.0 Å². The first-order valence-corrected chi connectivity index (χ1v) is 5.76. The van der Waals surface area contributed by atoms with Gasteiger partial charge in [-0.15, -0.1) is 0 Å². The molecule has 2 heteroatoms. The lowest BCUT2D eigenvalue weighted by Crippen LogP contribution is -2.03. The Bertz CT molecular complexity index is 505. The van der Waals surface area contributed by atoms with E-state index in [2.05, 4.69) is 17.1 Å². The Balaban J connectivity index is 2.12. The van der Waals surface area contributed by atoms with Crippen LogP contribution < -0.4 is 0 Å². The Labute approximate surface area is 101 Å². The van der Waals surface area contributed by atoms with Crippen LogP contribution in [0, 0.1) is 0 Å². The second-order valence-electron chi connectivity index (χ2n) is 4.04. The minimum absolute atomic E-state index is 0.0844. The molecule has 0 saturated heterocycles. The maximum Gasteiger partial charge on any atom is 0.161 e. The van der Waals surface area contributed by atoms with Crippen molar-refractivity contribution in [3.05, 3.63) is 65.5 Å². The number of hydrogen-bond donors (Lipinski definition) is 0. The van der Waals surface area contributed by atoms with Gasteiger partial charge in [-0.2, -0.15) is 0 Å². The largest absolute Gasteiger partial charge is 0.294 e. The van der Waals surface area contributed by atoms with Crippen LogP contribution in [0.15, 0.2) is 48.7 Å². The summed E-state index contributed by atoms with van der Waals surface area (Å²) in [5.74, 6) is 0.0844. The number of rotatable bonds is 4. The third-order valence-electron chi connectivity index (χ3n) is 2.76. The molecule has 0 N–H and O–H groups in total. The first-order chi connectivity index (χ1) is 8.27. The van der Waals surface area contributed by atoms with Gasteiger partial charge in [-0.3, -0.25) is 9.78 Å². The summed E-state index contributed by atoms with van der Waals surface area (Å²) in [5.41, 5.74) is 2.90. The number of carbonyl (C=O) groups excluding carboxylic acids is 1. The Morgan fingerprint density at radius 3 is 2.53 bits per heavy atom. The molecule has 2 nitrogen and oxygen atoms in total. The first kappa shape index (κ1) is 11.5. The van der Waals surface area contributed by atoms with Gasteiger partial charge in [0.05, 0.1) is 5.69 Å². The average Bonchev–Trinajstić information content (AvgIpc) is 2.38. The lowest BCUT2D eigenvalue weighted by atomic mass is 10.0. The van der Waals surface area contributed by atoms with Gasteiger partial charge in [-0.25, -0.2) is 0 Å². The fourth-order valence-electron chi connectivity index (χ4n) is 1.87. The van der Waals surface area contributed by atoms with Crippen molar-refractivity contribution in [2.75, 3.05) is 0 Å². The smallest absolute Gasteiger partial charge is 0.161 e. The van der Waals surface area contributed by atoms with E-state index < -0.39 is 0 Å². The van der Waals surface area contributed by atoms with Gasteiger partial charge in [0.15, 0.2) is 5.78 Å². The molecular weight excluding hydrogens is 210 g/mol. The average molecular weight is 225 g/mol. The fraction of sp³-hybridized carbons (Fsp3) is 0.200. The predicted molar refractivity (Wildman–Crippen MR) is 68.1 cm³/mol. The number of aryl methyl sites for hydroxylation is 2. The number of nitrogens with zero attached hydrogens (tertiary/aromatic N) is 1. The van der Waals surface area contributed by atoms with E-state index >= 15 is 0 Å². The van der Waals surface area contributed by atoms with Crippen LogP contribution in [0.25, 0.3) is 0 Å². The summed E-state index contributed by atoms with van der Waals surface area (Å²) in [6.45, 7) is 1.59. The molecule has 0 radical (unpaired) electrons. The molecule has 0 aliphatic rings. The number of aromatic nitrogens is 1. The molecule has 17 heavy (non-hydrogen) atoms. The van der Waals surface area contributed by atoms with Gasteiger partial charge in [-0.1, -0.05) is 30.3 Å². The maximum absolute atomic E-state index is 11.4. The summed E-state index contributed by atoms with van der Waals surface area (Å²) in [4.78, 5) is 15.7. The van der Waals surface area contributed by atoms with E-state index in [-0.39, 0.29) is 5.78 Å². The number of ketones is 1. The summed E-state index contributed by atoms with van der Waals surface area (Å²) in [6.07, 6.45) is 3.46. The normalized spacial score (nSPS) is 10.2. The van der Waals surface area contributed by atoms with Gasteiger partial charge in [0.1, 0.15) is 0 Å². The Hall–Kier alpha value is -1.96. The molecule has 86 valence electrons. The van der Waals surface area contributed by atoms with Crippen LogP contribution in [0.5, 0.6) is 0 Å². The molecule has 0 spiro atoms. The number of pyridine rings is 1. The van der Waals surface area contributed by atoms with Crippen molar-refractivity contribution in [3.8, 4) is 0 Å². The van der Waals surface area contributed by atoms with Crippen LogP contribution in [0.2, 0.25) is 0 Å². The zero-order chi connectivity index (χ0) is 12.1. The van der Waals surface area contributed by atoms with Gasteiger partial charge < -0.3 is 0 Å². The predicted octanol–water partition coefficient (Wildman–Crippen LogP) is 3.07. The number of hydrogen-bond acceptors (Lipinski definition) is 2. The minimum atomic E-state index is 0.0844. The van der Waals surface area contributed by atoms with Gasteiger partial charge in [0.25, 0.3) is 0 Å². The van der Waals surface area contributed by atoms with E-state index in [0.29, 0.717) is 0 Å². The molecule has 0 fully saturated rings. The molecule has 0 unspecified atom stereocenters. The Morgan fingerprint density at radius 2 is 1.82 bits per heavy atom. The second-order valence-corrected chi connectivity index (χ2v) is 4.04. The zero-order valence-electron chi connectivity index (χ0n) is 9.89. The molecule has 1 aromatic carbocycles. The van der Waals surface area contributed by atoms with E-state index in [4.69, 9.17) is 0 Å². The molecule has 0 atom stereocenters. The first-order valence-electron chi connectivity index (χ1n) is 5.76. The highest BCUT2D eigenvalue weighted by Gasteiger charge is 2.07. The molecule has 0 aliphatic carbocycles. The van der Waals surface area contributed by atoms with Crippen molar-refractivity contribution in [1.29, 1.82) is 0 Å². The van der Waals surface area contributed by atoms with Crippen molar-refractivity contribution < 1.29 is 4.79 Å².